The van der Waals surface area contributed by atoms with Crippen molar-refractivity contribution in [2.24, 2.45) is 7.05 Å². The summed E-state index contributed by atoms with van der Waals surface area (Å²) in [6, 6.07) is 9.93. The van der Waals surface area contributed by atoms with E-state index in [9.17, 15) is 0 Å². The number of alkyl halides is 1. The summed E-state index contributed by atoms with van der Waals surface area (Å²) in [6.07, 6.45) is 0. The van der Waals surface area contributed by atoms with E-state index in [1.807, 2.05) is 37.4 Å². The number of rotatable bonds is 2. The predicted octanol–water partition coefficient (Wildman–Crippen LogP) is 2.64. The molecular formula is C10H11Cl2N3. The first-order valence-corrected chi connectivity index (χ1v) is 4.86. The quantitative estimate of drug-likeness (QED) is 0.760. The van der Waals surface area contributed by atoms with Crippen LogP contribution in [0.3, 0.4) is 0 Å². The van der Waals surface area contributed by atoms with Crippen molar-refractivity contribution in [3.8, 4) is 11.4 Å². The van der Waals surface area contributed by atoms with Crippen LogP contribution in [0.5, 0.6) is 0 Å². The molecular weight excluding hydrogens is 233 g/mol. The second-order valence-corrected chi connectivity index (χ2v) is 3.24. The fraction of sp³-hybridized carbons (Fsp3) is 0.200. The Bertz CT molecular complexity index is 425. The Labute approximate surface area is 99.5 Å². The summed E-state index contributed by atoms with van der Waals surface area (Å²) in [4.78, 5) is 4.32. The molecule has 0 bridgehead atoms. The zero-order valence-corrected chi connectivity index (χ0v) is 9.79. The van der Waals surface area contributed by atoms with E-state index >= 15 is 0 Å². The molecule has 0 aliphatic rings. The van der Waals surface area contributed by atoms with Gasteiger partial charge in [0.1, 0.15) is 0 Å². The van der Waals surface area contributed by atoms with E-state index in [4.69, 9.17) is 11.6 Å². The lowest BCUT2D eigenvalue weighted by molar-refractivity contribution is 0.761. The lowest BCUT2D eigenvalue weighted by Gasteiger charge is -1.97. The van der Waals surface area contributed by atoms with Crippen molar-refractivity contribution in [3.63, 3.8) is 0 Å². The van der Waals surface area contributed by atoms with Crippen molar-refractivity contribution in [2.45, 2.75) is 5.88 Å². The van der Waals surface area contributed by atoms with Gasteiger partial charge < -0.3 is 0 Å². The van der Waals surface area contributed by atoms with E-state index in [1.54, 1.807) is 4.68 Å². The van der Waals surface area contributed by atoms with E-state index in [0.29, 0.717) is 11.7 Å². The number of aryl methyl sites for hydroxylation is 1. The van der Waals surface area contributed by atoms with Crippen LogP contribution in [0, 0.1) is 0 Å². The van der Waals surface area contributed by atoms with Crippen molar-refractivity contribution < 1.29 is 0 Å². The van der Waals surface area contributed by atoms with Gasteiger partial charge in [0.25, 0.3) is 0 Å². The molecule has 3 nitrogen and oxygen atoms in total. The molecule has 0 saturated heterocycles. The largest absolute Gasteiger partial charge is 0.249 e. The average Bonchev–Trinajstić information content (AvgIpc) is 2.61. The maximum absolute atomic E-state index is 5.66. The summed E-state index contributed by atoms with van der Waals surface area (Å²) in [7, 11) is 1.87. The highest BCUT2D eigenvalue weighted by molar-refractivity contribution is 6.16. The standard InChI is InChI=1S/C10H10ClN3.ClH/c1-14-10(12-9(7-11)13-14)8-5-3-2-4-6-8;/h2-6H,7H2,1H3;1H. The number of aromatic nitrogens is 3. The summed E-state index contributed by atoms with van der Waals surface area (Å²) in [5, 5.41) is 4.18. The maximum Gasteiger partial charge on any atom is 0.166 e. The zero-order chi connectivity index (χ0) is 9.97. The van der Waals surface area contributed by atoms with Crippen LogP contribution in [0.2, 0.25) is 0 Å². The highest BCUT2D eigenvalue weighted by Gasteiger charge is 2.07. The minimum absolute atomic E-state index is 0. The van der Waals surface area contributed by atoms with E-state index in [2.05, 4.69) is 10.1 Å². The lowest BCUT2D eigenvalue weighted by Crippen LogP contribution is -1.94. The molecule has 0 radical (unpaired) electrons. The van der Waals surface area contributed by atoms with Gasteiger partial charge in [0.2, 0.25) is 0 Å². The number of halogens is 2. The monoisotopic (exact) mass is 243 g/mol. The van der Waals surface area contributed by atoms with Gasteiger partial charge in [-0.1, -0.05) is 30.3 Å². The molecule has 1 aromatic carbocycles. The van der Waals surface area contributed by atoms with Crippen molar-refractivity contribution in [2.75, 3.05) is 0 Å². The minimum Gasteiger partial charge on any atom is -0.249 e. The first-order valence-electron chi connectivity index (χ1n) is 4.32. The Morgan fingerprint density at radius 1 is 1.27 bits per heavy atom. The third-order valence-electron chi connectivity index (χ3n) is 1.96. The van der Waals surface area contributed by atoms with Gasteiger partial charge in [-0.15, -0.1) is 24.0 Å². The first-order chi connectivity index (χ1) is 6.81. The normalized spacial score (nSPS) is 9.73. The average molecular weight is 244 g/mol. The van der Waals surface area contributed by atoms with Crippen molar-refractivity contribution in [1.29, 1.82) is 0 Å². The van der Waals surface area contributed by atoms with Crippen LogP contribution in [0.15, 0.2) is 30.3 Å². The Balaban J connectivity index is 0.00000112. The summed E-state index contributed by atoms with van der Waals surface area (Å²) in [5.41, 5.74) is 1.05. The molecule has 15 heavy (non-hydrogen) atoms. The Kier molecular flexibility index (Phi) is 4.12. The lowest BCUT2D eigenvalue weighted by atomic mass is 10.2. The van der Waals surface area contributed by atoms with Crippen molar-refractivity contribution in [1.82, 2.24) is 14.8 Å². The minimum atomic E-state index is 0. The molecule has 0 aliphatic heterocycles. The maximum atomic E-state index is 5.66. The van der Waals surface area contributed by atoms with E-state index < -0.39 is 0 Å². The SMILES string of the molecule is Cl.Cn1nc(CCl)nc1-c1ccccc1. The highest BCUT2D eigenvalue weighted by Crippen LogP contribution is 2.15. The second kappa shape index (κ2) is 5.14. The molecule has 80 valence electrons. The van der Waals surface area contributed by atoms with Crippen LogP contribution in [-0.2, 0) is 12.9 Å². The summed E-state index contributed by atoms with van der Waals surface area (Å²) in [6.45, 7) is 0. The summed E-state index contributed by atoms with van der Waals surface area (Å²) >= 11 is 5.66. The molecule has 0 unspecified atom stereocenters. The van der Waals surface area contributed by atoms with Gasteiger partial charge in [0.05, 0.1) is 5.88 Å². The number of benzene rings is 1. The van der Waals surface area contributed by atoms with Gasteiger partial charge in [-0.25, -0.2) is 9.67 Å². The van der Waals surface area contributed by atoms with Crippen LogP contribution in [0.4, 0.5) is 0 Å². The van der Waals surface area contributed by atoms with Crippen LogP contribution in [-0.4, -0.2) is 14.8 Å². The fourth-order valence-corrected chi connectivity index (χ4v) is 1.45. The van der Waals surface area contributed by atoms with E-state index in [1.165, 1.54) is 0 Å². The third kappa shape index (κ3) is 2.49. The smallest absolute Gasteiger partial charge is 0.166 e. The molecule has 0 saturated carbocycles. The molecule has 0 amide bonds. The Hall–Kier alpha value is -1.06. The predicted molar refractivity (Wildman–Crippen MR) is 63.2 cm³/mol. The topological polar surface area (TPSA) is 30.7 Å². The van der Waals surface area contributed by atoms with Crippen LogP contribution >= 0.6 is 24.0 Å². The van der Waals surface area contributed by atoms with Gasteiger partial charge in [-0.2, -0.15) is 5.10 Å². The molecule has 0 atom stereocenters. The van der Waals surface area contributed by atoms with Crippen molar-refractivity contribution in [3.05, 3.63) is 36.2 Å². The summed E-state index contributed by atoms with van der Waals surface area (Å²) < 4.78 is 1.74. The zero-order valence-electron chi connectivity index (χ0n) is 8.22. The van der Waals surface area contributed by atoms with Crippen LogP contribution in [0.1, 0.15) is 5.82 Å². The molecule has 1 aromatic heterocycles. The highest BCUT2D eigenvalue weighted by atomic mass is 35.5. The van der Waals surface area contributed by atoms with Crippen LogP contribution < -0.4 is 0 Å². The molecule has 0 aliphatic carbocycles. The van der Waals surface area contributed by atoms with Gasteiger partial charge in [0, 0.05) is 12.6 Å². The summed E-state index contributed by atoms with van der Waals surface area (Å²) in [5.74, 6) is 1.86. The molecule has 5 heteroatoms. The number of hydrogen-bond acceptors (Lipinski definition) is 2. The van der Waals surface area contributed by atoms with E-state index in [-0.39, 0.29) is 12.4 Å². The van der Waals surface area contributed by atoms with E-state index in [0.717, 1.165) is 11.4 Å². The number of hydrogen-bond donors (Lipinski definition) is 0. The van der Waals surface area contributed by atoms with Gasteiger partial charge >= 0.3 is 0 Å². The van der Waals surface area contributed by atoms with Gasteiger partial charge in [0.15, 0.2) is 11.6 Å². The Morgan fingerprint density at radius 3 is 2.47 bits per heavy atom. The second-order valence-electron chi connectivity index (χ2n) is 2.97. The van der Waals surface area contributed by atoms with Crippen LogP contribution in [0.25, 0.3) is 11.4 Å². The fourth-order valence-electron chi connectivity index (χ4n) is 1.33. The molecule has 0 spiro atoms. The molecule has 0 fully saturated rings. The Morgan fingerprint density at radius 2 is 1.93 bits per heavy atom. The molecule has 0 N–H and O–H groups in total. The first kappa shape index (κ1) is 12.0. The molecule has 2 rings (SSSR count). The molecule has 2 aromatic rings. The third-order valence-corrected chi connectivity index (χ3v) is 2.20. The van der Waals surface area contributed by atoms with Gasteiger partial charge in [-0.05, 0) is 0 Å². The van der Waals surface area contributed by atoms with Gasteiger partial charge in [-0.3, -0.25) is 0 Å². The molecule has 1 heterocycles. The van der Waals surface area contributed by atoms with Crippen molar-refractivity contribution >= 4 is 24.0 Å². The number of nitrogens with zero attached hydrogens (tertiary/aromatic N) is 3.